The summed E-state index contributed by atoms with van der Waals surface area (Å²) >= 11 is 0. The number of pyridine rings is 1. The molecule has 0 aliphatic heterocycles. The van der Waals surface area contributed by atoms with Crippen molar-refractivity contribution in [3.63, 3.8) is 0 Å². The van der Waals surface area contributed by atoms with Crippen LogP contribution in [0.1, 0.15) is 19.5 Å². The van der Waals surface area contributed by atoms with E-state index in [1.54, 1.807) is 13.8 Å². The average Bonchev–Trinajstić information content (AvgIpc) is 2.01. The molecular weight excluding hydrogens is 204 g/mol. The van der Waals surface area contributed by atoms with Gasteiger partial charge in [-0.25, -0.2) is 13.6 Å². The molecule has 1 heterocycles. The summed E-state index contributed by atoms with van der Waals surface area (Å²) in [5.41, 5.74) is -0.693. The molecule has 1 aromatic heterocycles. The van der Waals surface area contributed by atoms with E-state index < -0.39 is 15.6 Å². The van der Waals surface area contributed by atoms with E-state index >= 15 is 0 Å². The van der Waals surface area contributed by atoms with E-state index in [-0.39, 0.29) is 4.90 Å². The van der Waals surface area contributed by atoms with Crippen LogP contribution in [-0.4, -0.2) is 18.5 Å². The van der Waals surface area contributed by atoms with Crippen molar-refractivity contribution in [1.82, 2.24) is 4.98 Å². The molecule has 1 rings (SSSR count). The minimum Gasteiger partial charge on any atom is -0.384 e. The molecule has 0 unspecified atom stereocenters. The molecule has 0 aliphatic carbocycles. The van der Waals surface area contributed by atoms with Crippen LogP contribution in [0, 0.1) is 0 Å². The van der Waals surface area contributed by atoms with E-state index in [1.807, 2.05) is 0 Å². The summed E-state index contributed by atoms with van der Waals surface area (Å²) < 4.78 is 21.7. The molecule has 0 spiro atoms. The van der Waals surface area contributed by atoms with Crippen molar-refractivity contribution in [3.05, 3.63) is 24.0 Å². The summed E-state index contributed by atoms with van der Waals surface area (Å²) in [6, 6.07) is 2.75. The summed E-state index contributed by atoms with van der Waals surface area (Å²) in [5.74, 6) is 0. The maximum Gasteiger partial charge on any atom is 0.239 e. The number of nitrogens with two attached hydrogens (primary N) is 1. The second-order valence-corrected chi connectivity index (χ2v) is 5.04. The Morgan fingerprint density at radius 2 is 2.00 bits per heavy atom. The lowest BCUT2D eigenvalue weighted by atomic mass is 10.1. The van der Waals surface area contributed by atoms with Crippen LogP contribution in [0.15, 0.2) is 23.2 Å². The fraction of sp³-hybridized carbons (Fsp3) is 0.375. The van der Waals surface area contributed by atoms with Crippen LogP contribution < -0.4 is 5.14 Å². The first-order valence-corrected chi connectivity index (χ1v) is 5.47. The summed E-state index contributed by atoms with van der Waals surface area (Å²) in [6.07, 6.45) is 1.13. The Morgan fingerprint density at radius 1 is 1.43 bits per heavy atom. The Kier molecular flexibility index (Phi) is 2.62. The van der Waals surface area contributed by atoms with E-state index in [0.717, 1.165) is 6.20 Å². The SMILES string of the molecule is CC(C)(O)c1ccc(S(N)(=O)=O)cn1. The van der Waals surface area contributed by atoms with Crippen molar-refractivity contribution >= 4 is 10.0 Å². The van der Waals surface area contributed by atoms with Gasteiger partial charge in [-0.1, -0.05) is 0 Å². The summed E-state index contributed by atoms with van der Waals surface area (Å²) in [6.45, 7) is 3.12. The zero-order valence-electron chi connectivity index (χ0n) is 7.93. The lowest BCUT2D eigenvalue weighted by Crippen LogP contribution is -2.18. The van der Waals surface area contributed by atoms with Crippen molar-refractivity contribution in [3.8, 4) is 0 Å². The molecule has 0 aliphatic rings. The van der Waals surface area contributed by atoms with Gasteiger partial charge >= 0.3 is 0 Å². The molecule has 0 atom stereocenters. The number of hydrogen-bond acceptors (Lipinski definition) is 4. The van der Waals surface area contributed by atoms with Gasteiger partial charge in [0.15, 0.2) is 0 Å². The highest BCUT2D eigenvalue weighted by Gasteiger charge is 2.18. The fourth-order valence-corrected chi connectivity index (χ4v) is 1.37. The van der Waals surface area contributed by atoms with E-state index in [2.05, 4.69) is 4.98 Å². The highest BCUT2D eigenvalue weighted by molar-refractivity contribution is 7.89. The lowest BCUT2D eigenvalue weighted by Gasteiger charge is -2.15. The molecule has 0 saturated heterocycles. The van der Waals surface area contributed by atoms with Gasteiger partial charge in [-0.2, -0.15) is 0 Å². The van der Waals surface area contributed by atoms with Gasteiger partial charge in [0.25, 0.3) is 0 Å². The molecule has 0 amide bonds. The maximum atomic E-state index is 10.9. The van der Waals surface area contributed by atoms with Gasteiger partial charge in [0, 0.05) is 6.20 Å². The number of nitrogens with zero attached hydrogens (tertiary/aromatic N) is 1. The molecule has 0 aromatic carbocycles. The normalized spacial score (nSPS) is 12.9. The zero-order valence-corrected chi connectivity index (χ0v) is 8.75. The number of aromatic nitrogens is 1. The van der Waals surface area contributed by atoms with Gasteiger partial charge in [-0.05, 0) is 26.0 Å². The average molecular weight is 216 g/mol. The molecule has 14 heavy (non-hydrogen) atoms. The molecule has 0 radical (unpaired) electrons. The number of rotatable bonds is 2. The Bertz CT molecular complexity index is 417. The van der Waals surface area contributed by atoms with Crippen LogP contribution in [0.3, 0.4) is 0 Å². The molecule has 5 nitrogen and oxygen atoms in total. The first kappa shape index (κ1) is 11.1. The van der Waals surface area contributed by atoms with Gasteiger partial charge in [-0.15, -0.1) is 0 Å². The van der Waals surface area contributed by atoms with Crippen LogP contribution in [0.5, 0.6) is 0 Å². The molecular formula is C8H12N2O3S. The second kappa shape index (κ2) is 3.30. The van der Waals surface area contributed by atoms with E-state index in [9.17, 15) is 13.5 Å². The first-order chi connectivity index (χ1) is 6.21. The predicted octanol–water partition coefficient (Wildman–Crippen LogP) is -0.0436. The zero-order chi connectivity index (χ0) is 11.0. The molecule has 0 saturated carbocycles. The van der Waals surface area contributed by atoms with Crippen LogP contribution >= 0.6 is 0 Å². The van der Waals surface area contributed by atoms with Gasteiger partial charge in [0.05, 0.1) is 5.69 Å². The summed E-state index contributed by atoms with van der Waals surface area (Å²) in [4.78, 5) is 3.74. The lowest BCUT2D eigenvalue weighted by molar-refractivity contribution is 0.0737. The smallest absolute Gasteiger partial charge is 0.239 e. The minimum absolute atomic E-state index is 0.0644. The maximum absolute atomic E-state index is 10.9. The highest BCUT2D eigenvalue weighted by atomic mass is 32.2. The van der Waals surface area contributed by atoms with E-state index in [0.29, 0.717) is 5.69 Å². The summed E-state index contributed by atoms with van der Waals surface area (Å²) in [5, 5.41) is 14.4. The fourth-order valence-electron chi connectivity index (χ4n) is 0.910. The third kappa shape index (κ3) is 2.50. The van der Waals surface area contributed by atoms with Crippen molar-refractivity contribution in [2.45, 2.75) is 24.3 Å². The van der Waals surface area contributed by atoms with Crippen molar-refractivity contribution in [2.24, 2.45) is 5.14 Å². The Hall–Kier alpha value is -0.980. The Morgan fingerprint density at radius 3 is 2.29 bits per heavy atom. The third-order valence-corrected chi connectivity index (χ3v) is 2.59. The highest BCUT2D eigenvalue weighted by Crippen LogP contribution is 2.17. The monoisotopic (exact) mass is 216 g/mol. The van der Waals surface area contributed by atoms with Crippen LogP contribution in [0.2, 0.25) is 0 Å². The Balaban J connectivity index is 3.14. The first-order valence-electron chi connectivity index (χ1n) is 3.93. The van der Waals surface area contributed by atoms with Gasteiger partial charge in [-0.3, -0.25) is 4.98 Å². The number of primary sulfonamides is 1. The molecule has 6 heteroatoms. The standard InChI is InChI=1S/C8H12N2O3S/c1-8(2,11)7-4-3-6(5-10-7)14(9,12)13/h3-5,11H,1-2H3,(H2,9,12,13). The van der Waals surface area contributed by atoms with Crippen molar-refractivity contribution in [1.29, 1.82) is 0 Å². The molecule has 78 valence electrons. The van der Waals surface area contributed by atoms with E-state index in [1.165, 1.54) is 12.1 Å². The van der Waals surface area contributed by atoms with Crippen LogP contribution in [-0.2, 0) is 15.6 Å². The quantitative estimate of drug-likeness (QED) is 0.725. The van der Waals surface area contributed by atoms with Crippen LogP contribution in [0.25, 0.3) is 0 Å². The van der Waals surface area contributed by atoms with Gasteiger partial charge in [0.2, 0.25) is 10.0 Å². The molecule has 1 aromatic rings. The Labute approximate surface area is 82.6 Å². The number of hydrogen-bond donors (Lipinski definition) is 2. The van der Waals surface area contributed by atoms with Crippen LogP contribution in [0.4, 0.5) is 0 Å². The van der Waals surface area contributed by atoms with Gasteiger partial charge < -0.3 is 5.11 Å². The van der Waals surface area contributed by atoms with Gasteiger partial charge in [0.1, 0.15) is 10.5 Å². The number of aliphatic hydroxyl groups is 1. The molecule has 0 fully saturated rings. The summed E-state index contributed by atoms with van der Waals surface area (Å²) in [7, 11) is -3.71. The van der Waals surface area contributed by atoms with Crippen molar-refractivity contribution < 1.29 is 13.5 Å². The molecule has 3 N–H and O–H groups in total. The van der Waals surface area contributed by atoms with Crippen molar-refractivity contribution in [2.75, 3.05) is 0 Å². The predicted molar refractivity (Wildman–Crippen MR) is 50.9 cm³/mol. The number of sulfonamides is 1. The largest absolute Gasteiger partial charge is 0.384 e. The molecule has 0 bridgehead atoms. The topological polar surface area (TPSA) is 93.3 Å². The second-order valence-electron chi connectivity index (χ2n) is 3.48. The minimum atomic E-state index is -3.71. The van der Waals surface area contributed by atoms with E-state index in [4.69, 9.17) is 5.14 Å². The third-order valence-electron chi connectivity index (χ3n) is 1.69.